The monoisotopic (exact) mass is 289 g/mol. The van der Waals surface area contributed by atoms with Gasteiger partial charge in [0.2, 0.25) is 0 Å². The van der Waals surface area contributed by atoms with Crippen LogP contribution >= 0.6 is 0 Å². The molecule has 1 N–H and O–H groups in total. The Morgan fingerprint density at radius 1 is 1.38 bits per heavy atom. The van der Waals surface area contributed by atoms with E-state index in [4.69, 9.17) is 4.74 Å². The van der Waals surface area contributed by atoms with Gasteiger partial charge in [-0.25, -0.2) is 0 Å². The van der Waals surface area contributed by atoms with E-state index in [1.807, 2.05) is 6.20 Å². The second-order valence-corrected chi connectivity index (χ2v) is 6.37. The highest BCUT2D eigenvalue weighted by molar-refractivity contribution is 5.30. The van der Waals surface area contributed by atoms with Crippen molar-refractivity contribution in [2.24, 2.45) is 11.3 Å². The molecular formula is C17H27N3O. The van der Waals surface area contributed by atoms with Gasteiger partial charge in [0, 0.05) is 24.1 Å². The van der Waals surface area contributed by atoms with Crippen molar-refractivity contribution in [1.82, 2.24) is 15.4 Å². The smallest absolute Gasteiger partial charge is 0.0902 e. The fraction of sp³-hybridized carbons (Fsp3) is 0.647. The Morgan fingerprint density at radius 2 is 2.19 bits per heavy atom. The molecule has 0 saturated carbocycles. The second-order valence-electron chi connectivity index (χ2n) is 6.37. The number of hydrogen-bond donors (Lipinski definition) is 1. The van der Waals surface area contributed by atoms with Crippen molar-refractivity contribution in [2.75, 3.05) is 6.61 Å². The first kappa shape index (κ1) is 16.0. The van der Waals surface area contributed by atoms with Gasteiger partial charge in [-0.15, -0.1) is 5.10 Å². The summed E-state index contributed by atoms with van der Waals surface area (Å²) < 4.78 is 6.27. The highest BCUT2D eigenvalue weighted by Crippen LogP contribution is 2.45. The number of allylic oxidation sites excluding steroid dienone is 3. The minimum atomic E-state index is -0.104. The van der Waals surface area contributed by atoms with Gasteiger partial charge in [0.1, 0.15) is 0 Å². The predicted octanol–water partition coefficient (Wildman–Crippen LogP) is 3.86. The third-order valence-electron chi connectivity index (χ3n) is 4.31. The third-order valence-corrected chi connectivity index (χ3v) is 4.31. The van der Waals surface area contributed by atoms with Crippen LogP contribution in [0.15, 0.2) is 30.5 Å². The zero-order valence-electron chi connectivity index (χ0n) is 13.5. The van der Waals surface area contributed by atoms with Crippen molar-refractivity contribution in [3.05, 3.63) is 36.2 Å². The number of hydrogen-bond acceptors (Lipinski definition) is 3. The minimum Gasteiger partial charge on any atom is -0.377 e. The number of aromatic nitrogens is 3. The minimum absolute atomic E-state index is 0.104. The molecule has 4 heteroatoms. The third kappa shape index (κ3) is 3.43. The first-order valence-electron chi connectivity index (χ1n) is 7.93. The number of nitrogens with one attached hydrogen (secondary N) is 1. The lowest BCUT2D eigenvalue weighted by Gasteiger charge is -2.43. The molecule has 3 unspecified atom stereocenters. The molecule has 0 spiro atoms. The van der Waals surface area contributed by atoms with E-state index >= 15 is 0 Å². The lowest BCUT2D eigenvalue weighted by atomic mass is 9.66. The van der Waals surface area contributed by atoms with Crippen LogP contribution in [0.2, 0.25) is 0 Å². The van der Waals surface area contributed by atoms with E-state index in [9.17, 15) is 0 Å². The number of nitrogens with zero attached hydrogens (tertiary/aromatic N) is 2. The number of aromatic amines is 1. The lowest BCUT2D eigenvalue weighted by Crippen LogP contribution is -2.42. The largest absolute Gasteiger partial charge is 0.377 e. The molecule has 3 atom stereocenters. The summed E-state index contributed by atoms with van der Waals surface area (Å²) in [4.78, 5) is 0. The summed E-state index contributed by atoms with van der Waals surface area (Å²) in [6, 6.07) is 0. The van der Waals surface area contributed by atoms with Crippen LogP contribution in [0, 0.1) is 11.3 Å². The van der Waals surface area contributed by atoms with Crippen molar-refractivity contribution in [2.45, 2.75) is 52.6 Å². The van der Waals surface area contributed by atoms with E-state index < -0.39 is 0 Å². The van der Waals surface area contributed by atoms with Gasteiger partial charge in [-0.05, 0) is 12.3 Å². The van der Waals surface area contributed by atoms with Gasteiger partial charge in [0.25, 0.3) is 0 Å². The predicted molar refractivity (Wildman–Crippen MR) is 85.0 cm³/mol. The normalized spacial score (nSPS) is 26.4. The molecule has 0 radical (unpaired) electrons. The Bertz CT molecular complexity index is 478. The van der Waals surface area contributed by atoms with E-state index in [1.165, 1.54) is 0 Å². The zero-order chi connectivity index (χ0) is 15.3. The van der Waals surface area contributed by atoms with Gasteiger partial charge in [-0.3, -0.25) is 5.10 Å². The number of ether oxygens (including phenoxy) is 1. The molecule has 0 amide bonds. The van der Waals surface area contributed by atoms with Crippen LogP contribution in [0.1, 0.15) is 52.1 Å². The van der Waals surface area contributed by atoms with E-state index in [2.05, 4.69) is 67.4 Å². The maximum atomic E-state index is 6.27. The van der Waals surface area contributed by atoms with Gasteiger partial charge >= 0.3 is 0 Å². The maximum Gasteiger partial charge on any atom is 0.0902 e. The topological polar surface area (TPSA) is 50.8 Å². The molecule has 1 aromatic heterocycles. The fourth-order valence-electron chi connectivity index (χ4n) is 3.25. The first-order chi connectivity index (χ1) is 10.1. The molecule has 1 aliphatic rings. The van der Waals surface area contributed by atoms with Crippen LogP contribution in [0.3, 0.4) is 0 Å². The van der Waals surface area contributed by atoms with Crippen LogP contribution in [-0.2, 0) is 4.74 Å². The highest BCUT2D eigenvalue weighted by Gasteiger charge is 2.43. The number of H-pyrrole nitrogens is 1. The summed E-state index contributed by atoms with van der Waals surface area (Å²) in [6.45, 7) is 9.74. The summed E-state index contributed by atoms with van der Waals surface area (Å²) in [6.07, 6.45) is 13.0. The number of rotatable bonds is 7. The van der Waals surface area contributed by atoms with Crippen LogP contribution in [0.5, 0.6) is 0 Å². The molecule has 1 aromatic rings. The molecule has 0 saturated heterocycles. The zero-order valence-corrected chi connectivity index (χ0v) is 13.5. The maximum absolute atomic E-state index is 6.27. The second kappa shape index (κ2) is 7.03. The van der Waals surface area contributed by atoms with E-state index in [-0.39, 0.29) is 17.4 Å². The molecule has 21 heavy (non-hydrogen) atoms. The lowest BCUT2D eigenvalue weighted by molar-refractivity contribution is -0.0485. The molecule has 2 rings (SSSR count). The van der Waals surface area contributed by atoms with Crippen LogP contribution in [0.4, 0.5) is 0 Å². The van der Waals surface area contributed by atoms with E-state index in [1.54, 1.807) is 0 Å². The summed E-state index contributed by atoms with van der Waals surface area (Å²) in [5.74, 6) is 0.632. The van der Waals surface area contributed by atoms with Gasteiger partial charge in [-0.1, -0.05) is 63.6 Å². The first-order valence-corrected chi connectivity index (χ1v) is 7.93. The van der Waals surface area contributed by atoms with Crippen LogP contribution in [0.25, 0.3) is 0 Å². The van der Waals surface area contributed by atoms with Crippen LogP contribution in [-0.4, -0.2) is 28.1 Å². The quantitative estimate of drug-likeness (QED) is 0.775. The van der Waals surface area contributed by atoms with Crippen molar-refractivity contribution < 1.29 is 4.74 Å². The molecule has 0 fully saturated rings. The summed E-state index contributed by atoms with van der Waals surface area (Å²) in [5.41, 5.74) is 0.871. The van der Waals surface area contributed by atoms with E-state index in [0.717, 1.165) is 25.1 Å². The Kier molecular flexibility index (Phi) is 5.34. The molecule has 116 valence electrons. The summed E-state index contributed by atoms with van der Waals surface area (Å²) in [5, 5.41) is 10.9. The molecule has 0 aliphatic heterocycles. The molecular weight excluding hydrogens is 262 g/mol. The van der Waals surface area contributed by atoms with Gasteiger partial charge < -0.3 is 4.74 Å². The molecule has 0 bridgehead atoms. The number of unbranched alkanes of at least 4 members (excludes halogenated alkanes) is 1. The Labute approximate surface area is 127 Å². The molecule has 0 aromatic carbocycles. The SMILES string of the molecule is CCCCOC(C(C)C)C1(C)C=CC=CC1c1c[nH]nn1. The van der Waals surface area contributed by atoms with Crippen molar-refractivity contribution >= 4 is 0 Å². The average Bonchev–Trinajstić information content (AvgIpc) is 2.97. The Morgan fingerprint density at radius 3 is 2.81 bits per heavy atom. The molecule has 1 aliphatic carbocycles. The van der Waals surface area contributed by atoms with Gasteiger partial charge in [0.05, 0.1) is 11.8 Å². The Balaban J connectivity index is 2.25. The van der Waals surface area contributed by atoms with Crippen molar-refractivity contribution in [3.63, 3.8) is 0 Å². The highest BCUT2D eigenvalue weighted by atomic mass is 16.5. The standard InChI is InChI=1S/C17H27N3O/c1-5-6-11-21-16(13(2)3)17(4)10-8-7-9-14(17)15-12-18-20-19-15/h7-10,12-14,16H,5-6,11H2,1-4H3,(H,18,19,20). The van der Waals surface area contributed by atoms with Crippen molar-refractivity contribution in [1.29, 1.82) is 0 Å². The average molecular weight is 289 g/mol. The van der Waals surface area contributed by atoms with Gasteiger partial charge in [-0.2, -0.15) is 0 Å². The van der Waals surface area contributed by atoms with Crippen molar-refractivity contribution in [3.8, 4) is 0 Å². The Hall–Kier alpha value is -1.42. The summed E-state index contributed by atoms with van der Waals surface area (Å²) >= 11 is 0. The van der Waals surface area contributed by atoms with Gasteiger partial charge in [0.15, 0.2) is 0 Å². The van der Waals surface area contributed by atoms with Crippen LogP contribution < -0.4 is 0 Å². The molecule has 1 heterocycles. The fourth-order valence-corrected chi connectivity index (χ4v) is 3.25. The summed E-state index contributed by atoms with van der Waals surface area (Å²) in [7, 11) is 0. The molecule has 4 nitrogen and oxygen atoms in total. The van der Waals surface area contributed by atoms with E-state index in [0.29, 0.717) is 5.92 Å².